The van der Waals surface area contributed by atoms with Gasteiger partial charge in [-0.15, -0.1) is 0 Å². The number of nitrogen functional groups attached to an aromatic ring is 1. The van der Waals surface area contributed by atoms with E-state index in [2.05, 4.69) is 36.0 Å². The highest BCUT2D eigenvalue weighted by Crippen LogP contribution is 2.19. The molecule has 2 N–H and O–H groups in total. The molecule has 18 heavy (non-hydrogen) atoms. The van der Waals surface area contributed by atoms with E-state index in [1.807, 2.05) is 18.2 Å². The van der Waals surface area contributed by atoms with Crippen LogP contribution in [0.5, 0.6) is 0 Å². The summed E-state index contributed by atoms with van der Waals surface area (Å²) < 4.78 is 0. The predicted molar refractivity (Wildman–Crippen MR) is 79.0 cm³/mol. The summed E-state index contributed by atoms with van der Waals surface area (Å²) in [5.74, 6) is 1.03. The summed E-state index contributed by atoms with van der Waals surface area (Å²) in [5, 5.41) is 1.10. The van der Waals surface area contributed by atoms with Gasteiger partial charge in [0.2, 0.25) is 0 Å². The van der Waals surface area contributed by atoms with Crippen molar-refractivity contribution in [3.63, 3.8) is 0 Å². The molecule has 2 rings (SSSR count). The molecule has 3 heteroatoms. The van der Waals surface area contributed by atoms with Crippen molar-refractivity contribution in [1.29, 1.82) is 0 Å². The molecule has 0 atom stereocenters. The van der Waals surface area contributed by atoms with Gasteiger partial charge in [-0.3, -0.25) is 0 Å². The molecular formula is C15H21N3. The van der Waals surface area contributed by atoms with E-state index in [0.717, 1.165) is 29.0 Å². The molecular weight excluding hydrogens is 222 g/mol. The van der Waals surface area contributed by atoms with Crippen molar-refractivity contribution >= 4 is 22.4 Å². The fourth-order valence-electron chi connectivity index (χ4n) is 2.06. The first kappa shape index (κ1) is 12.7. The number of benzene rings is 1. The fraction of sp³-hybridized carbons (Fsp3) is 0.400. The van der Waals surface area contributed by atoms with Gasteiger partial charge in [-0.1, -0.05) is 19.8 Å². The van der Waals surface area contributed by atoms with Crippen LogP contribution in [0.25, 0.3) is 10.9 Å². The normalized spacial score (nSPS) is 10.8. The Hall–Kier alpha value is -1.77. The Morgan fingerprint density at radius 3 is 2.78 bits per heavy atom. The van der Waals surface area contributed by atoms with Gasteiger partial charge < -0.3 is 10.6 Å². The van der Waals surface area contributed by atoms with Gasteiger partial charge in [0.15, 0.2) is 0 Å². The van der Waals surface area contributed by atoms with Gasteiger partial charge in [0, 0.05) is 24.7 Å². The average Bonchev–Trinajstić information content (AvgIpc) is 2.38. The van der Waals surface area contributed by atoms with Crippen LogP contribution in [0.2, 0.25) is 0 Å². The van der Waals surface area contributed by atoms with Crippen molar-refractivity contribution in [1.82, 2.24) is 4.98 Å². The minimum atomic E-state index is 0.786. The van der Waals surface area contributed by atoms with E-state index in [9.17, 15) is 0 Å². The van der Waals surface area contributed by atoms with Crippen LogP contribution in [0.1, 0.15) is 26.2 Å². The first-order valence-corrected chi connectivity index (χ1v) is 6.58. The molecule has 0 spiro atoms. The van der Waals surface area contributed by atoms with Crippen LogP contribution in [0.15, 0.2) is 30.3 Å². The maximum atomic E-state index is 5.76. The number of unbranched alkanes of at least 4 members (excludes halogenated alkanes) is 2. The van der Waals surface area contributed by atoms with Crippen LogP contribution in [-0.2, 0) is 0 Å². The third-order valence-electron chi connectivity index (χ3n) is 3.19. The zero-order chi connectivity index (χ0) is 13.0. The monoisotopic (exact) mass is 243 g/mol. The maximum Gasteiger partial charge on any atom is 0.128 e. The van der Waals surface area contributed by atoms with Crippen molar-refractivity contribution in [2.75, 3.05) is 24.2 Å². The second-order valence-corrected chi connectivity index (χ2v) is 4.75. The summed E-state index contributed by atoms with van der Waals surface area (Å²) in [4.78, 5) is 6.88. The van der Waals surface area contributed by atoms with Gasteiger partial charge >= 0.3 is 0 Å². The lowest BCUT2D eigenvalue weighted by molar-refractivity contribution is 0.702. The number of aromatic nitrogens is 1. The molecule has 0 aliphatic heterocycles. The highest BCUT2D eigenvalue weighted by molar-refractivity contribution is 5.83. The number of pyridine rings is 1. The Morgan fingerprint density at radius 2 is 2.00 bits per heavy atom. The lowest BCUT2D eigenvalue weighted by atomic mass is 10.2. The van der Waals surface area contributed by atoms with Crippen molar-refractivity contribution in [2.24, 2.45) is 0 Å². The van der Waals surface area contributed by atoms with Crippen molar-refractivity contribution in [2.45, 2.75) is 26.2 Å². The van der Waals surface area contributed by atoms with Gasteiger partial charge in [0.25, 0.3) is 0 Å². The lowest BCUT2D eigenvalue weighted by Crippen LogP contribution is -2.19. The number of anilines is 2. The van der Waals surface area contributed by atoms with Crippen LogP contribution in [0, 0.1) is 0 Å². The number of rotatable bonds is 5. The first-order chi connectivity index (χ1) is 8.70. The largest absolute Gasteiger partial charge is 0.399 e. The molecule has 1 aromatic carbocycles. The molecule has 1 heterocycles. The van der Waals surface area contributed by atoms with Crippen LogP contribution in [0.4, 0.5) is 11.5 Å². The number of hydrogen-bond donors (Lipinski definition) is 1. The quantitative estimate of drug-likeness (QED) is 0.646. The number of nitrogens with zero attached hydrogens (tertiary/aromatic N) is 2. The molecule has 1 aromatic heterocycles. The first-order valence-electron chi connectivity index (χ1n) is 6.58. The Labute approximate surface area is 109 Å². The van der Waals surface area contributed by atoms with Crippen molar-refractivity contribution < 1.29 is 0 Å². The molecule has 0 fully saturated rings. The van der Waals surface area contributed by atoms with E-state index in [4.69, 9.17) is 5.73 Å². The molecule has 96 valence electrons. The average molecular weight is 243 g/mol. The zero-order valence-corrected chi connectivity index (χ0v) is 11.2. The van der Waals surface area contributed by atoms with Crippen LogP contribution < -0.4 is 10.6 Å². The molecule has 0 radical (unpaired) electrons. The topological polar surface area (TPSA) is 42.1 Å². The Balaban J connectivity index is 2.16. The third kappa shape index (κ3) is 2.92. The number of hydrogen-bond acceptors (Lipinski definition) is 3. The van der Waals surface area contributed by atoms with E-state index in [0.29, 0.717) is 0 Å². The number of nitrogens with two attached hydrogens (primary N) is 1. The molecule has 0 saturated carbocycles. The van der Waals surface area contributed by atoms with Gasteiger partial charge in [-0.05, 0) is 36.8 Å². The van der Waals surface area contributed by atoms with Crippen molar-refractivity contribution in [3.05, 3.63) is 30.3 Å². The summed E-state index contributed by atoms with van der Waals surface area (Å²) in [6.45, 7) is 3.28. The smallest absolute Gasteiger partial charge is 0.128 e. The van der Waals surface area contributed by atoms with Gasteiger partial charge in [-0.2, -0.15) is 0 Å². The van der Waals surface area contributed by atoms with Gasteiger partial charge in [-0.25, -0.2) is 4.98 Å². The molecule has 0 amide bonds. The fourth-order valence-corrected chi connectivity index (χ4v) is 2.06. The third-order valence-corrected chi connectivity index (χ3v) is 3.19. The molecule has 2 aromatic rings. The summed E-state index contributed by atoms with van der Waals surface area (Å²) >= 11 is 0. The number of fused-ring (bicyclic) bond motifs is 1. The standard InChI is InChI=1S/C15H21N3/c1-3-4-5-10-18(2)15-9-6-12-11-13(16)7-8-14(12)17-15/h6-9,11H,3-5,10,16H2,1-2H3. The predicted octanol–water partition coefficient (Wildman–Crippen LogP) is 3.44. The maximum absolute atomic E-state index is 5.76. The summed E-state index contributed by atoms with van der Waals surface area (Å²) in [5.41, 5.74) is 7.55. The van der Waals surface area contributed by atoms with E-state index in [1.165, 1.54) is 19.3 Å². The Kier molecular flexibility index (Phi) is 4.03. The van der Waals surface area contributed by atoms with Gasteiger partial charge in [0.1, 0.15) is 5.82 Å². The molecule has 3 nitrogen and oxygen atoms in total. The van der Waals surface area contributed by atoms with E-state index >= 15 is 0 Å². The minimum absolute atomic E-state index is 0.786. The summed E-state index contributed by atoms with van der Waals surface area (Å²) in [6, 6.07) is 9.99. The Morgan fingerprint density at radius 1 is 1.17 bits per heavy atom. The SMILES string of the molecule is CCCCCN(C)c1ccc2cc(N)ccc2n1. The Bertz CT molecular complexity index is 522. The zero-order valence-electron chi connectivity index (χ0n) is 11.2. The summed E-state index contributed by atoms with van der Waals surface area (Å²) in [7, 11) is 2.10. The second kappa shape index (κ2) is 5.71. The van der Waals surface area contributed by atoms with E-state index in [1.54, 1.807) is 0 Å². The second-order valence-electron chi connectivity index (χ2n) is 4.75. The molecule has 0 unspecified atom stereocenters. The molecule has 0 bridgehead atoms. The van der Waals surface area contributed by atoms with Crippen LogP contribution in [0.3, 0.4) is 0 Å². The van der Waals surface area contributed by atoms with Crippen LogP contribution in [-0.4, -0.2) is 18.6 Å². The molecule has 0 aliphatic carbocycles. The molecule has 0 aliphatic rings. The molecule has 0 saturated heterocycles. The summed E-state index contributed by atoms with van der Waals surface area (Å²) in [6.07, 6.45) is 3.74. The van der Waals surface area contributed by atoms with Crippen molar-refractivity contribution in [3.8, 4) is 0 Å². The van der Waals surface area contributed by atoms with Gasteiger partial charge in [0.05, 0.1) is 5.52 Å². The van der Waals surface area contributed by atoms with E-state index < -0.39 is 0 Å². The minimum Gasteiger partial charge on any atom is -0.399 e. The van der Waals surface area contributed by atoms with Crippen LogP contribution >= 0.6 is 0 Å². The highest BCUT2D eigenvalue weighted by Gasteiger charge is 2.03. The lowest BCUT2D eigenvalue weighted by Gasteiger charge is -2.18. The highest BCUT2D eigenvalue weighted by atomic mass is 15.2. The van der Waals surface area contributed by atoms with E-state index in [-0.39, 0.29) is 0 Å².